The van der Waals surface area contributed by atoms with Gasteiger partial charge in [0.25, 0.3) is 0 Å². The van der Waals surface area contributed by atoms with E-state index in [1.54, 1.807) is 17.0 Å². The Labute approximate surface area is 146 Å². The topological polar surface area (TPSA) is 61.9 Å². The maximum Gasteiger partial charge on any atom is 0.229 e. The van der Waals surface area contributed by atoms with Crippen LogP contribution in [0.25, 0.3) is 0 Å². The van der Waals surface area contributed by atoms with Crippen molar-refractivity contribution >= 4 is 29.1 Å². The predicted molar refractivity (Wildman–Crippen MR) is 92.0 cm³/mol. The Bertz CT molecular complexity index is 604. The summed E-state index contributed by atoms with van der Waals surface area (Å²) >= 11 is 6.06. The molecule has 130 valence electrons. The van der Waals surface area contributed by atoms with Gasteiger partial charge in [-0.05, 0) is 12.1 Å². The maximum atomic E-state index is 12.4. The van der Waals surface area contributed by atoms with Gasteiger partial charge < -0.3 is 15.0 Å². The molecule has 1 aromatic rings. The number of para-hydroxylation sites is 1. The normalized spacial score (nSPS) is 22.0. The Morgan fingerprint density at radius 2 is 2.00 bits per heavy atom. The number of likely N-dealkylation sites (tertiary alicyclic amines) is 1. The number of hydrogen-bond donors (Lipinski definition) is 1. The van der Waals surface area contributed by atoms with Crippen molar-refractivity contribution in [1.29, 1.82) is 0 Å². The molecule has 2 fully saturated rings. The number of nitrogens with one attached hydrogen (secondary N) is 1. The van der Waals surface area contributed by atoms with Crippen molar-refractivity contribution < 1.29 is 14.3 Å². The molecule has 1 atom stereocenters. The van der Waals surface area contributed by atoms with E-state index in [4.69, 9.17) is 16.3 Å². The quantitative estimate of drug-likeness (QED) is 0.872. The second-order valence-corrected chi connectivity index (χ2v) is 6.57. The second kappa shape index (κ2) is 7.96. The lowest BCUT2D eigenvalue weighted by Crippen LogP contribution is -2.42. The third-order valence-corrected chi connectivity index (χ3v) is 4.84. The van der Waals surface area contributed by atoms with Crippen molar-refractivity contribution in [3.8, 4) is 0 Å². The van der Waals surface area contributed by atoms with Crippen LogP contribution in [0.2, 0.25) is 5.02 Å². The minimum atomic E-state index is -0.321. The van der Waals surface area contributed by atoms with Crippen molar-refractivity contribution in [2.75, 3.05) is 51.3 Å². The highest BCUT2D eigenvalue weighted by atomic mass is 35.5. The Morgan fingerprint density at radius 3 is 2.75 bits per heavy atom. The van der Waals surface area contributed by atoms with Crippen LogP contribution < -0.4 is 5.32 Å². The molecule has 1 unspecified atom stereocenters. The second-order valence-electron chi connectivity index (χ2n) is 6.16. The van der Waals surface area contributed by atoms with E-state index in [2.05, 4.69) is 10.2 Å². The molecule has 24 heavy (non-hydrogen) atoms. The van der Waals surface area contributed by atoms with Gasteiger partial charge in [0.2, 0.25) is 11.8 Å². The zero-order chi connectivity index (χ0) is 16.9. The highest BCUT2D eigenvalue weighted by Gasteiger charge is 2.34. The number of anilines is 1. The number of rotatable bonds is 5. The SMILES string of the molecule is O=C(Nc1ccccc1Cl)C1CC(=O)N(CCN2CCOCC2)C1. The van der Waals surface area contributed by atoms with Crippen LogP contribution in [0.15, 0.2) is 24.3 Å². The van der Waals surface area contributed by atoms with E-state index in [9.17, 15) is 9.59 Å². The molecule has 0 spiro atoms. The van der Waals surface area contributed by atoms with E-state index in [1.807, 2.05) is 12.1 Å². The highest BCUT2D eigenvalue weighted by Crippen LogP contribution is 2.24. The van der Waals surface area contributed by atoms with Gasteiger partial charge in [0, 0.05) is 39.1 Å². The van der Waals surface area contributed by atoms with Gasteiger partial charge in [0.1, 0.15) is 0 Å². The van der Waals surface area contributed by atoms with Crippen molar-refractivity contribution in [2.24, 2.45) is 5.92 Å². The first kappa shape index (κ1) is 17.2. The molecule has 2 aliphatic rings. The fourth-order valence-corrected chi connectivity index (χ4v) is 3.23. The van der Waals surface area contributed by atoms with Crippen LogP contribution in [0.5, 0.6) is 0 Å². The number of halogens is 1. The van der Waals surface area contributed by atoms with Gasteiger partial charge in [-0.15, -0.1) is 0 Å². The first-order chi connectivity index (χ1) is 11.6. The molecular weight excluding hydrogens is 330 g/mol. The van der Waals surface area contributed by atoms with Gasteiger partial charge in [0.05, 0.1) is 29.8 Å². The lowest BCUT2D eigenvalue weighted by atomic mass is 10.1. The van der Waals surface area contributed by atoms with Crippen LogP contribution in [0, 0.1) is 5.92 Å². The van der Waals surface area contributed by atoms with Crippen molar-refractivity contribution in [2.45, 2.75) is 6.42 Å². The summed E-state index contributed by atoms with van der Waals surface area (Å²) in [6, 6.07) is 7.11. The fraction of sp³-hybridized carbons (Fsp3) is 0.529. The first-order valence-corrected chi connectivity index (χ1v) is 8.64. The third-order valence-electron chi connectivity index (χ3n) is 4.51. The number of carbonyl (C=O) groups is 2. The monoisotopic (exact) mass is 351 g/mol. The summed E-state index contributed by atoms with van der Waals surface area (Å²) in [7, 11) is 0. The number of benzene rings is 1. The number of nitrogens with zero attached hydrogens (tertiary/aromatic N) is 2. The summed E-state index contributed by atoms with van der Waals surface area (Å²) < 4.78 is 5.32. The van der Waals surface area contributed by atoms with Crippen molar-refractivity contribution in [3.63, 3.8) is 0 Å². The van der Waals surface area contributed by atoms with Gasteiger partial charge in [-0.1, -0.05) is 23.7 Å². The van der Waals surface area contributed by atoms with Crippen molar-refractivity contribution in [3.05, 3.63) is 29.3 Å². The van der Waals surface area contributed by atoms with Gasteiger partial charge >= 0.3 is 0 Å². The molecule has 2 heterocycles. The largest absolute Gasteiger partial charge is 0.379 e. The smallest absolute Gasteiger partial charge is 0.229 e. The predicted octanol–water partition coefficient (Wildman–Crippen LogP) is 1.46. The number of carbonyl (C=O) groups excluding carboxylic acids is 2. The Hall–Kier alpha value is -1.63. The first-order valence-electron chi connectivity index (χ1n) is 8.27. The average molecular weight is 352 g/mol. The molecule has 0 bridgehead atoms. The molecule has 0 radical (unpaired) electrons. The van der Waals surface area contributed by atoms with E-state index in [-0.39, 0.29) is 24.2 Å². The molecule has 3 rings (SSSR count). The van der Waals surface area contributed by atoms with E-state index in [0.29, 0.717) is 23.8 Å². The van der Waals surface area contributed by atoms with E-state index >= 15 is 0 Å². The summed E-state index contributed by atoms with van der Waals surface area (Å²) in [5.41, 5.74) is 0.586. The molecule has 1 N–H and O–H groups in total. The summed E-state index contributed by atoms with van der Waals surface area (Å²) in [5, 5.41) is 3.32. The molecular formula is C17H22ClN3O3. The van der Waals surface area contributed by atoms with Crippen LogP contribution in [-0.4, -0.2) is 67.6 Å². The molecule has 2 amide bonds. The summed E-state index contributed by atoms with van der Waals surface area (Å²) in [5.74, 6) is -0.425. The minimum absolute atomic E-state index is 0.0440. The lowest BCUT2D eigenvalue weighted by molar-refractivity contribution is -0.128. The van der Waals surface area contributed by atoms with Crippen LogP contribution >= 0.6 is 11.6 Å². The van der Waals surface area contributed by atoms with Gasteiger partial charge in [-0.3, -0.25) is 14.5 Å². The van der Waals surface area contributed by atoms with E-state index in [1.165, 1.54) is 0 Å². The van der Waals surface area contributed by atoms with Gasteiger partial charge in [-0.2, -0.15) is 0 Å². The van der Waals surface area contributed by atoms with Crippen LogP contribution in [0.4, 0.5) is 5.69 Å². The zero-order valence-corrected chi connectivity index (χ0v) is 14.3. The van der Waals surface area contributed by atoms with Crippen molar-refractivity contribution in [1.82, 2.24) is 9.80 Å². The zero-order valence-electron chi connectivity index (χ0n) is 13.5. The number of ether oxygens (including phenoxy) is 1. The molecule has 2 saturated heterocycles. The van der Waals surface area contributed by atoms with Crippen LogP contribution in [-0.2, 0) is 14.3 Å². The molecule has 0 saturated carbocycles. The minimum Gasteiger partial charge on any atom is -0.379 e. The molecule has 6 nitrogen and oxygen atoms in total. The van der Waals surface area contributed by atoms with Gasteiger partial charge in [0.15, 0.2) is 0 Å². The Morgan fingerprint density at radius 1 is 1.25 bits per heavy atom. The van der Waals surface area contributed by atoms with E-state index < -0.39 is 0 Å². The average Bonchev–Trinajstić information content (AvgIpc) is 2.97. The lowest BCUT2D eigenvalue weighted by Gasteiger charge is -2.28. The number of morpholine rings is 1. The van der Waals surface area contributed by atoms with Crippen LogP contribution in [0.1, 0.15) is 6.42 Å². The summed E-state index contributed by atoms with van der Waals surface area (Å²) in [4.78, 5) is 28.6. The number of amides is 2. The molecule has 0 aromatic heterocycles. The fourth-order valence-electron chi connectivity index (χ4n) is 3.05. The third kappa shape index (κ3) is 4.26. The van der Waals surface area contributed by atoms with Crippen LogP contribution in [0.3, 0.4) is 0 Å². The Kier molecular flexibility index (Phi) is 5.71. The van der Waals surface area contributed by atoms with Gasteiger partial charge in [-0.25, -0.2) is 0 Å². The summed E-state index contributed by atoms with van der Waals surface area (Å²) in [6.45, 7) is 5.26. The summed E-state index contributed by atoms with van der Waals surface area (Å²) in [6.07, 6.45) is 0.263. The molecule has 7 heteroatoms. The molecule has 2 aliphatic heterocycles. The standard InChI is InChI=1S/C17H22ClN3O3/c18-14-3-1-2-4-15(14)19-17(23)13-11-16(22)21(12-13)6-5-20-7-9-24-10-8-20/h1-4,13H,5-12H2,(H,19,23). The Balaban J connectivity index is 1.50. The molecule has 0 aliphatic carbocycles. The number of hydrogen-bond acceptors (Lipinski definition) is 4. The van der Waals surface area contributed by atoms with E-state index in [0.717, 1.165) is 32.8 Å². The molecule has 1 aromatic carbocycles. The maximum absolute atomic E-state index is 12.4. The highest BCUT2D eigenvalue weighted by molar-refractivity contribution is 6.33.